The molecule has 0 spiro atoms. The molecule has 0 radical (unpaired) electrons. The largest absolute Gasteiger partial charge is 0.296 e. The zero-order chi connectivity index (χ0) is 14.7. The van der Waals surface area contributed by atoms with Crippen molar-refractivity contribution in [2.45, 2.75) is 39.7 Å². The van der Waals surface area contributed by atoms with Gasteiger partial charge in [0, 0.05) is 25.1 Å². The third kappa shape index (κ3) is 2.54. The van der Waals surface area contributed by atoms with Crippen LogP contribution < -0.4 is 5.56 Å². The molecule has 0 aliphatic rings. The normalized spacial score (nSPS) is 10.9. The van der Waals surface area contributed by atoms with E-state index in [1.807, 2.05) is 6.92 Å². The van der Waals surface area contributed by atoms with Crippen LogP contribution in [0.25, 0.3) is 10.9 Å². The number of fused-ring (bicyclic) bond motifs is 1. The van der Waals surface area contributed by atoms with Gasteiger partial charge in [0.2, 0.25) is 0 Å². The van der Waals surface area contributed by atoms with E-state index in [4.69, 9.17) is 0 Å². The average molecular weight is 275 g/mol. The van der Waals surface area contributed by atoms with Gasteiger partial charge in [-0.25, -0.2) is 4.98 Å². The Morgan fingerprint density at radius 2 is 2.10 bits per heavy atom. The molecule has 0 unspecified atom stereocenters. The zero-order valence-corrected chi connectivity index (χ0v) is 11.6. The van der Waals surface area contributed by atoms with Gasteiger partial charge in [0.25, 0.3) is 11.2 Å². The molecule has 2 rings (SSSR count). The number of hydrogen-bond donors (Lipinski definition) is 0. The van der Waals surface area contributed by atoms with Gasteiger partial charge in [0.15, 0.2) is 0 Å². The van der Waals surface area contributed by atoms with Crippen LogP contribution >= 0.6 is 0 Å². The summed E-state index contributed by atoms with van der Waals surface area (Å²) in [5.74, 6) is 0.701. The molecular weight excluding hydrogens is 258 g/mol. The molecule has 0 amide bonds. The van der Waals surface area contributed by atoms with Gasteiger partial charge >= 0.3 is 0 Å². The summed E-state index contributed by atoms with van der Waals surface area (Å²) in [5.41, 5.74) is 0.235. The minimum Gasteiger partial charge on any atom is -0.296 e. The lowest BCUT2D eigenvalue weighted by atomic mass is 10.2. The molecule has 6 heteroatoms. The third-order valence-corrected chi connectivity index (χ3v) is 3.30. The number of nitro groups is 1. The number of unbranched alkanes of at least 4 members (excludes halogenated alkanes) is 1. The number of aryl methyl sites for hydroxylation is 1. The van der Waals surface area contributed by atoms with Crippen molar-refractivity contribution in [3.63, 3.8) is 0 Å². The number of non-ortho nitro benzene ring substituents is 1. The van der Waals surface area contributed by atoms with E-state index in [1.165, 1.54) is 18.2 Å². The molecule has 0 bridgehead atoms. The maximum absolute atomic E-state index is 12.4. The first-order chi connectivity index (χ1) is 9.58. The first-order valence-electron chi connectivity index (χ1n) is 6.76. The quantitative estimate of drug-likeness (QED) is 0.620. The standard InChI is InChI=1S/C14H17N3O3/c1-3-5-6-13-15-12-9-10(17(19)20)7-8-11(12)14(18)16(13)4-2/h7-9H,3-6H2,1-2H3. The van der Waals surface area contributed by atoms with E-state index < -0.39 is 4.92 Å². The van der Waals surface area contributed by atoms with Crippen LogP contribution in [0.1, 0.15) is 32.5 Å². The van der Waals surface area contributed by atoms with Crippen LogP contribution in [-0.4, -0.2) is 14.5 Å². The molecule has 20 heavy (non-hydrogen) atoms. The maximum atomic E-state index is 12.4. The smallest absolute Gasteiger partial charge is 0.271 e. The molecule has 1 aromatic heterocycles. The molecule has 1 heterocycles. The average Bonchev–Trinajstić information content (AvgIpc) is 2.44. The van der Waals surface area contributed by atoms with Crippen LogP contribution in [0.15, 0.2) is 23.0 Å². The molecule has 0 aliphatic heterocycles. The van der Waals surface area contributed by atoms with Gasteiger partial charge in [-0.1, -0.05) is 13.3 Å². The van der Waals surface area contributed by atoms with Crippen molar-refractivity contribution < 1.29 is 4.92 Å². The van der Waals surface area contributed by atoms with E-state index in [0.717, 1.165) is 12.8 Å². The van der Waals surface area contributed by atoms with Crippen LogP contribution in [0, 0.1) is 10.1 Å². The lowest BCUT2D eigenvalue weighted by Crippen LogP contribution is -2.24. The van der Waals surface area contributed by atoms with Gasteiger partial charge in [0.05, 0.1) is 15.8 Å². The van der Waals surface area contributed by atoms with Gasteiger partial charge in [-0.05, 0) is 19.4 Å². The Morgan fingerprint density at radius 1 is 1.35 bits per heavy atom. The maximum Gasteiger partial charge on any atom is 0.271 e. The van der Waals surface area contributed by atoms with Gasteiger partial charge in [-0.15, -0.1) is 0 Å². The minimum atomic E-state index is -0.474. The van der Waals surface area contributed by atoms with Crippen LogP contribution in [0.5, 0.6) is 0 Å². The predicted molar refractivity (Wildman–Crippen MR) is 76.9 cm³/mol. The van der Waals surface area contributed by atoms with Crippen molar-refractivity contribution in [3.8, 4) is 0 Å². The number of nitro benzene ring substituents is 1. The molecule has 106 valence electrons. The number of hydrogen-bond acceptors (Lipinski definition) is 4. The number of benzene rings is 1. The summed E-state index contributed by atoms with van der Waals surface area (Å²) in [6.45, 7) is 4.52. The Labute approximate surface area is 116 Å². The highest BCUT2D eigenvalue weighted by molar-refractivity contribution is 5.80. The van der Waals surface area contributed by atoms with Crippen LogP contribution in [0.3, 0.4) is 0 Å². The molecule has 2 aromatic rings. The van der Waals surface area contributed by atoms with Gasteiger partial charge in [-0.2, -0.15) is 0 Å². The molecule has 6 nitrogen and oxygen atoms in total. The molecule has 0 atom stereocenters. The van der Waals surface area contributed by atoms with Gasteiger partial charge in [-0.3, -0.25) is 19.5 Å². The Balaban J connectivity index is 2.66. The summed E-state index contributed by atoms with van der Waals surface area (Å²) >= 11 is 0. The highest BCUT2D eigenvalue weighted by Crippen LogP contribution is 2.17. The second-order valence-corrected chi connectivity index (χ2v) is 4.64. The fourth-order valence-electron chi connectivity index (χ4n) is 2.22. The lowest BCUT2D eigenvalue weighted by molar-refractivity contribution is -0.384. The Hall–Kier alpha value is -2.24. The molecule has 0 aliphatic carbocycles. The molecule has 1 aromatic carbocycles. The molecule has 0 fully saturated rings. The van der Waals surface area contributed by atoms with E-state index in [0.29, 0.717) is 29.7 Å². The first kappa shape index (κ1) is 14.2. The first-order valence-corrected chi connectivity index (χ1v) is 6.76. The third-order valence-electron chi connectivity index (χ3n) is 3.30. The van der Waals surface area contributed by atoms with Gasteiger partial charge in [0.1, 0.15) is 5.82 Å². The number of rotatable bonds is 5. The van der Waals surface area contributed by atoms with E-state index in [2.05, 4.69) is 11.9 Å². The topological polar surface area (TPSA) is 78.0 Å². The Morgan fingerprint density at radius 3 is 2.70 bits per heavy atom. The fourth-order valence-corrected chi connectivity index (χ4v) is 2.22. The van der Waals surface area contributed by atoms with Crippen molar-refractivity contribution in [2.75, 3.05) is 0 Å². The zero-order valence-electron chi connectivity index (χ0n) is 11.6. The summed E-state index contributed by atoms with van der Waals surface area (Å²) in [5, 5.41) is 11.2. The summed E-state index contributed by atoms with van der Waals surface area (Å²) in [6, 6.07) is 4.20. The highest BCUT2D eigenvalue weighted by Gasteiger charge is 2.13. The number of nitrogens with zero attached hydrogens (tertiary/aromatic N) is 3. The van der Waals surface area contributed by atoms with Crippen LogP contribution in [0.2, 0.25) is 0 Å². The molecular formula is C14H17N3O3. The number of aromatic nitrogens is 2. The summed E-state index contributed by atoms with van der Waals surface area (Å²) < 4.78 is 1.64. The molecule has 0 N–H and O–H groups in total. The Kier molecular flexibility index (Phi) is 4.12. The molecule has 0 saturated carbocycles. The van der Waals surface area contributed by atoms with E-state index in [1.54, 1.807) is 4.57 Å². The van der Waals surface area contributed by atoms with E-state index in [-0.39, 0.29) is 11.2 Å². The monoisotopic (exact) mass is 275 g/mol. The Bertz CT molecular complexity index is 707. The van der Waals surface area contributed by atoms with Crippen molar-refractivity contribution in [1.29, 1.82) is 0 Å². The SMILES string of the molecule is CCCCc1nc2cc([N+](=O)[O-])ccc2c(=O)n1CC. The van der Waals surface area contributed by atoms with E-state index >= 15 is 0 Å². The highest BCUT2D eigenvalue weighted by atomic mass is 16.6. The second kappa shape index (κ2) is 5.81. The lowest BCUT2D eigenvalue weighted by Gasteiger charge is -2.11. The summed E-state index contributed by atoms with van der Waals surface area (Å²) in [7, 11) is 0. The predicted octanol–water partition coefficient (Wildman–Crippen LogP) is 2.67. The van der Waals surface area contributed by atoms with Gasteiger partial charge < -0.3 is 0 Å². The molecule has 0 saturated heterocycles. The van der Waals surface area contributed by atoms with Crippen LogP contribution in [-0.2, 0) is 13.0 Å². The van der Waals surface area contributed by atoms with Crippen molar-refractivity contribution >= 4 is 16.6 Å². The second-order valence-electron chi connectivity index (χ2n) is 4.64. The summed E-state index contributed by atoms with van der Waals surface area (Å²) in [6.07, 6.45) is 2.65. The van der Waals surface area contributed by atoms with E-state index in [9.17, 15) is 14.9 Å². The fraction of sp³-hybridized carbons (Fsp3) is 0.429. The van der Waals surface area contributed by atoms with Crippen molar-refractivity contribution in [3.05, 3.63) is 44.5 Å². The summed E-state index contributed by atoms with van der Waals surface area (Å²) in [4.78, 5) is 27.2. The van der Waals surface area contributed by atoms with Crippen LogP contribution in [0.4, 0.5) is 5.69 Å². The van der Waals surface area contributed by atoms with Crippen molar-refractivity contribution in [1.82, 2.24) is 9.55 Å². The minimum absolute atomic E-state index is 0.0416. The van der Waals surface area contributed by atoms with Crippen molar-refractivity contribution in [2.24, 2.45) is 0 Å².